The van der Waals surface area contributed by atoms with Crippen molar-refractivity contribution in [3.63, 3.8) is 0 Å². The van der Waals surface area contributed by atoms with Crippen LogP contribution in [0.15, 0.2) is 59.5 Å². The second-order valence-corrected chi connectivity index (χ2v) is 6.31. The van der Waals surface area contributed by atoms with Crippen LogP contribution in [0.1, 0.15) is 5.56 Å². The van der Waals surface area contributed by atoms with E-state index in [0.29, 0.717) is 16.1 Å². The number of para-hydroxylation sites is 1. The van der Waals surface area contributed by atoms with E-state index >= 15 is 0 Å². The zero-order valence-electron chi connectivity index (χ0n) is 14.2. The number of anilines is 1. The highest BCUT2D eigenvalue weighted by atomic mass is 32.2. The lowest BCUT2D eigenvalue weighted by Gasteiger charge is -2.10. The van der Waals surface area contributed by atoms with E-state index in [1.807, 2.05) is 0 Å². The van der Waals surface area contributed by atoms with Crippen molar-refractivity contribution in [3.05, 3.63) is 66.0 Å². The standard InChI is InChI=1S/C19H17FN2O4S/c20-14-5-3-4-13(10-14)8-9-19(25)26-11-18(24)22-15-6-1-2-7-16(15)27-12-17(21)23/h1-10H,11-12H2,(H2,21,23)(H,22,24)/b9-8+. The lowest BCUT2D eigenvalue weighted by molar-refractivity contribution is -0.142. The third-order valence-electron chi connectivity index (χ3n) is 3.14. The van der Waals surface area contributed by atoms with Crippen molar-refractivity contribution in [1.82, 2.24) is 0 Å². The van der Waals surface area contributed by atoms with Crippen molar-refractivity contribution < 1.29 is 23.5 Å². The Kier molecular flexibility index (Phi) is 7.57. The van der Waals surface area contributed by atoms with Crippen LogP contribution < -0.4 is 11.1 Å². The smallest absolute Gasteiger partial charge is 0.331 e. The van der Waals surface area contributed by atoms with Gasteiger partial charge in [-0.2, -0.15) is 0 Å². The highest BCUT2D eigenvalue weighted by Crippen LogP contribution is 2.26. The number of hydrogen-bond donors (Lipinski definition) is 2. The summed E-state index contributed by atoms with van der Waals surface area (Å²) in [6.45, 7) is -0.485. The number of carbonyl (C=O) groups excluding carboxylic acids is 3. The number of halogens is 1. The quantitative estimate of drug-likeness (QED) is 0.411. The number of carbonyl (C=O) groups is 3. The minimum Gasteiger partial charge on any atom is -0.452 e. The fourth-order valence-electron chi connectivity index (χ4n) is 1.99. The first-order valence-electron chi connectivity index (χ1n) is 7.84. The van der Waals surface area contributed by atoms with Gasteiger partial charge in [0.05, 0.1) is 11.4 Å². The predicted octanol–water partition coefficient (Wildman–Crippen LogP) is 2.60. The third kappa shape index (κ3) is 7.33. The van der Waals surface area contributed by atoms with Gasteiger partial charge in [0.25, 0.3) is 5.91 Å². The van der Waals surface area contributed by atoms with Crippen molar-refractivity contribution in [2.24, 2.45) is 5.73 Å². The van der Waals surface area contributed by atoms with E-state index < -0.39 is 30.2 Å². The SMILES string of the molecule is NC(=O)CSc1ccccc1NC(=O)COC(=O)/C=C/c1cccc(F)c1. The molecule has 0 aliphatic rings. The molecule has 140 valence electrons. The Labute approximate surface area is 159 Å². The zero-order valence-corrected chi connectivity index (χ0v) is 15.0. The van der Waals surface area contributed by atoms with Crippen LogP contribution >= 0.6 is 11.8 Å². The summed E-state index contributed by atoms with van der Waals surface area (Å²) in [6.07, 6.45) is 2.50. The van der Waals surface area contributed by atoms with Crippen LogP contribution in [-0.2, 0) is 19.1 Å². The van der Waals surface area contributed by atoms with Crippen molar-refractivity contribution in [2.75, 3.05) is 17.7 Å². The second-order valence-electron chi connectivity index (χ2n) is 5.30. The largest absolute Gasteiger partial charge is 0.452 e. The van der Waals surface area contributed by atoms with Gasteiger partial charge >= 0.3 is 5.97 Å². The summed E-state index contributed by atoms with van der Waals surface area (Å²) >= 11 is 1.19. The van der Waals surface area contributed by atoms with Crippen LogP contribution in [0.4, 0.5) is 10.1 Å². The summed E-state index contributed by atoms with van der Waals surface area (Å²) in [6, 6.07) is 12.6. The summed E-state index contributed by atoms with van der Waals surface area (Å²) in [4.78, 5) is 35.2. The molecule has 0 saturated carbocycles. The Bertz CT molecular complexity index is 870. The molecule has 2 amide bonds. The molecule has 0 aromatic heterocycles. The molecule has 0 unspecified atom stereocenters. The number of hydrogen-bond acceptors (Lipinski definition) is 5. The number of nitrogens with two attached hydrogens (primary N) is 1. The first-order valence-corrected chi connectivity index (χ1v) is 8.83. The Hall–Kier alpha value is -3.13. The average Bonchev–Trinajstić information content (AvgIpc) is 2.64. The minimum absolute atomic E-state index is 0.0761. The Balaban J connectivity index is 1.85. The molecule has 27 heavy (non-hydrogen) atoms. The summed E-state index contributed by atoms with van der Waals surface area (Å²) in [5.74, 6) is -2.08. The third-order valence-corrected chi connectivity index (χ3v) is 4.23. The Morgan fingerprint density at radius 3 is 2.67 bits per heavy atom. The van der Waals surface area contributed by atoms with Gasteiger partial charge < -0.3 is 15.8 Å². The van der Waals surface area contributed by atoms with Crippen molar-refractivity contribution in [3.8, 4) is 0 Å². The summed E-state index contributed by atoms with van der Waals surface area (Å²) in [7, 11) is 0. The van der Waals surface area contributed by atoms with E-state index in [2.05, 4.69) is 5.32 Å². The van der Waals surface area contributed by atoms with Gasteiger partial charge in [-0.25, -0.2) is 9.18 Å². The van der Waals surface area contributed by atoms with E-state index in [1.54, 1.807) is 30.3 Å². The number of benzene rings is 2. The fourth-order valence-corrected chi connectivity index (χ4v) is 2.74. The number of esters is 1. The monoisotopic (exact) mass is 388 g/mol. The Morgan fingerprint density at radius 1 is 1.15 bits per heavy atom. The van der Waals surface area contributed by atoms with Crippen LogP contribution in [-0.4, -0.2) is 30.1 Å². The van der Waals surface area contributed by atoms with E-state index in [-0.39, 0.29) is 5.75 Å². The predicted molar refractivity (Wildman–Crippen MR) is 101 cm³/mol. The van der Waals surface area contributed by atoms with Gasteiger partial charge in [0.15, 0.2) is 6.61 Å². The normalized spacial score (nSPS) is 10.6. The average molecular weight is 388 g/mol. The van der Waals surface area contributed by atoms with Gasteiger partial charge in [0.2, 0.25) is 5.91 Å². The van der Waals surface area contributed by atoms with Gasteiger partial charge in [-0.15, -0.1) is 11.8 Å². The molecule has 0 radical (unpaired) electrons. The molecule has 0 saturated heterocycles. The van der Waals surface area contributed by atoms with Crippen molar-refractivity contribution >= 4 is 41.3 Å². The van der Waals surface area contributed by atoms with Crippen LogP contribution in [0.2, 0.25) is 0 Å². The number of rotatable bonds is 8. The number of ether oxygens (including phenoxy) is 1. The summed E-state index contributed by atoms with van der Waals surface area (Å²) in [5.41, 5.74) is 6.10. The molecular weight excluding hydrogens is 371 g/mol. The molecule has 0 bridgehead atoms. The highest BCUT2D eigenvalue weighted by molar-refractivity contribution is 8.00. The molecule has 6 nitrogen and oxygen atoms in total. The lowest BCUT2D eigenvalue weighted by Crippen LogP contribution is -2.20. The maximum Gasteiger partial charge on any atom is 0.331 e. The second kappa shape index (κ2) is 10.1. The maximum absolute atomic E-state index is 13.1. The van der Waals surface area contributed by atoms with Crippen molar-refractivity contribution in [2.45, 2.75) is 4.90 Å². The molecule has 0 aliphatic carbocycles. The van der Waals surface area contributed by atoms with E-state index in [9.17, 15) is 18.8 Å². The van der Waals surface area contributed by atoms with Crippen LogP contribution in [0.5, 0.6) is 0 Å². The molecule has 3 N–H and O–H groups in total. The molecule has 2 rings (SSSR count). The van der Waals surface area contributed by atoms with E-state index in [0.717, 1.165) is 6.08 Å². The fraction of sp³-hybridized carbons (Fsp3) is 0.105. The van der Waals surface area contributed by atoms with Gasteiger partial charge in [-0.1, -0.05) is 24.3 Å². The number of primary amides is 1. The van der Waals surface area contributed by atoms with E-state index in [1.165, 1.54) is 36.0 Å². The lowest BCUT2D eigenvalue weighted by atomic mass is 10.2. The first kappa shape index (κ1) is 20.2. The maximum atomic E-state index is 13.1. The molecule has 2 aromatic rings. The summed E-state index contributed by atoms with van der Waals surface area (Å²) < 4.78 is 17.9. The minimum atomic E-state index is -0.731. The number of thioether (sulfide) groups is 1. The number of nitrogens with one attached hydrogen (secondary N) is 1. The van der Waals surface area contributed by atoms with Crippen LogP contribution in [0.25, 0.3) is 6.08 Å². The molecule has 8 heteroatoms. The molecule has 0 spiro atoms. The zero-order chi connectivity index (χ0) is 19.6. The van der Waals surface area contributed by atoms with Gasteiger partial charge in [-0.3, -0.25) is 9.59 Å². The molecular formula is C19H17FN2O4S. The van der Waals surface area contributed by atoms with Crippen molar-refractivity contribution in [1.29, 1.82) is 0 Å². The van der Waals surface area contributed by atoms with Crippen LogP contribution in [0, 0.1) is 5.82 Å². The Morgan fingerprint density at radius 2 is 1.93 bits per heavy atom. The molecule has 0 heterocycles. The number of amides is 2. The first-order chi connectivity index (χ1) is 12.9. The van der Waals surface area contributed by atoms with Gasteiger partial charge in [0, 0.05) is 11.0 Å². The molecule has 0 aliphatic heterocycles. The van der Waals surface area contributed by atoms with Gasteiger partial charge in [-0.05, 0) is 35.9 Å². The van der Waals surface area contributed by atoms with Crippen LogP contribution in [0.3, 0.4) is 0 Å². The molecule has 2 aromatic carbocycles. The van der Waals surface area contributed by atoms with Gasteiger partial charge in [0.1, 0.15) is 5.82 Å². The topological polar surface area (TPSA) is 98.5 Å². The summed E-state index contributed by atoms with van der Waals surface area (Å²) in [5, 5.41) is 2.61. The highest BCUT2D eigenvalue weighted by Gasteiger charge is 2.10. The molecule has 0 atom stereocenters. The molecule has 0 fully saturated rings. The van der Waals surface area contributed by atoms with E-state index in [4.69, 9.17) is 10.5 Å².